The summed E-state index contributed by atoms with van der Waals surface area (Å²) in [6.07, 6.45) is 2.77. The van der Waals surface area contributed by atoms with Gasteiger partial charge in [-0.05, 0) is 39.1 Å². The Morgan fingerprint density at radius 1 is 1.58 bits per heavy atom. The van der Waals surface area contributed by atoms with Crippen molar-refractivity contribution in [1.82, 2.24) is 4.90 Å². The van der Waals surface area contributed by atoms with Gasteiger partial charge in [-0.2, -0.15) is 12.6 Å². The normalized spacial score (nSPS) is 30.0. The van der Waals surface area contributed by atoms with Crippen molar-refractivity contribution in [3.63, 3.8) is 0 Å². The molecular formula is C9H19NOS. The zero-order valence-electron chi connectivity index (χ0n) is 7.99. The van der Waals surface area contributed by atoms with Gasteiger partial charge in [-0.15, -0.1) is 0 Å². The first-order chi connectivity index (χ1) is 5.75. The van der Waals surface area contributed by atoms with Crippen LogP contribution < -0.4 is 0 Å². The molecule has 0 saturated carbocycles. The SMILES string of the molecule is CC1OCCC1N(C)CCCS. The van der Waals surface area contributed by atoms with Crippen molar-refractivity contribution in [2.24, 2.45) is 0 Å². The number of thiol groups is 1. The van der Waals surface area contributed by atoms with Gasteiger partial charge in [0.15, 0.2) is 0 Å². The van der Waals surface area contributed by atoms with Crippen LogP contribution in [0.3, 0.4) is 0 Å². The van der Waals surface area contributed by atoms with Gasteiger partial charge in [-0.3, -0.25) is 0 Å². The maximum absolute atomic E-state index is 5.51. The lowest BCUT2D eigenvalue weighted by molar-refractivity contribution is 0.0839. The van der Waals surface area contributed by atoms with Crippen LogP contribution in [0.15, 0.2) is 0 Å². The Hall–Kier alpha value is 0.270. The van der Waals surface area contributed by atoms with Crippen molar-refractivity contribution in [2.45, 2.75) is 31.9 Å². The van der Waals surface area contributed by atoms with E-state index in [9.17, 15) is 0 Å². The van der Waals surface area contributed by atoms with Crippen LogP contribution in [0.5, 0.6) is 0 Å². The monoisotopic (exact) mass is 189 g/mol. The summed E-state index contributed by atoms with van der Waals surface area (Å²) in [5.41, 5.74) is 0. The molecule has 0 aromatic heterocycles. The lowest BCUT2D eigenvalue weighted by Gasteiger charge is -2.26. The molecule has 0 bridgehead atoms. The fourth-order valence-electron chi connectivity index (χ4n) is 1.79. The van der Waals surface area contributed by atoms with E-state index in [-0.39, 0.29) is 0 Å². The van der Waals surface area contributed by atoms with Gasteiger partial charge >= 0.3 is 0 Å². The Morgan fingerprint density at radius 3 is 2.83 bits per heavy atom. The summed E-state index contributed by atoms with van der Waals surface area (Å²) in [5, 5.41) is 0. The molecule has 2 atom stereocenters. The van der Waals surface area contributed by atoms with Crippen molar-refractivity contribution in [2.75, 3.05) is 26.0 Å². The molecule has 1 rings (SSSR count). The predicted octanol–water partition coefficient (Wildman–Crippen LogP) is 1.42. The van der Waals surface area contributed by atoms with E-state index in [4.69, 9.17) is 4.74 Å². The minimum absolute atomic E-state index is 0.412. The average molecular weight is 189 g/mol. The molecule has 1 aliphatic heterocycles. The van der Waals surface area contributed by atoms with E-state index in [1.165, 1.54) is 12.8 Å². The largest absolute Gasteiger partial charge is 0.377 e. The van der Waals surface area contributed by atoms with Gasteiger partial charge in [0.25, 0.3) is 0 Å². The third kappa shape index (κ3) is 2.64. The summed E-state index contributed by atoms with van der Waals surface area (Å²) in [5.74, 6) is 0.978. The first-order valence-corrected chi connectivity index (χ1v) is 5.31. The summed E-state index contributed by atoms with van der Waals surface area (Å²) >= 11 is 4.20. The van der Waals surface area contributed by atoms with Crippen LogP contribution in [0, 0.1) is 0 Å². The van der Waals surface area contributed by atoms with Gasteiger partial charge in [0.2, 0.25) is 0 Å². The molecule has 1 heterocycles. The van der Waals surface area contributed by atoms with Crippen molar-refractivity contribution in [3.05, 3.63) is 0 Å². The summed E-state index contributed by atoms with van der Waals surface area (Å²) < 4.78 is 5.51. The third-order valence-corrected chi connectivity index (χ3v) is 2.89. The number of hydrogen-bond acceptors (Lipinski definition) is 3. The summed E-state index contributed by atoms with van der Waals surface area (Å²) in [4.78, 5) is 2.40. The molecule has 0 radical (unpaired) electrons. The fraction of sp³-hybridized carbons (Fsp3) is 1.00. The maximum Gasteiger partial charge on any atom is 0.0702 e. The Labute approximate surface area is 80.7 Å². The van der Waals surface area contributed by atoms with Crippen molar-refractivity contribution in [1.29, 1.82) is 0 Å². The molecule has 0 aromatic carbocycles. The van der Waals surface area contributed by atoms with E-state index >= 15 is 0 Å². The molecule has 1 aliphatic rings. The van der Waals surface area contributed by atoms with E-state index in [0.29, 0.717) is 12.1 Å². The van der Waals surface area contributed by atoms with Crippen LogP contribution in [0.1, 0.15) is 19.8 Å². The topological polar surface area (TPSA) is 12.5 Å². The molecule has 0 aromatic rings. The van der Waals surface area contributed by atoms with Crippen LogP contribution in [0.4, 0.5) is 0 Å². The lowest BCUT2D eigenvalue weighted by atomic mass is 10.1. The van der Waals surface area contributed by atoms with Crippen molar-refractivity contribution < 1.29 is 4.74 Å². The predicted molar refractivity (Wildman–Crippen MR) is 54.9 cm³/mol. The van der Waals surface area contributed by atoms with E-state index in [1.54, 1.807) is 0 Å². The van der Waals surface area contributed by atoms with Gasteiger partial charge in [0.05, 0.1) is 6.10 Å². The standard InChI is InChI=1S/C9H19NOS/c1-8-9(4-6-11-8)10(2)5-3-7-12/h8-9,12H,3-7H2,1-2H3. The quantitative estimate of drug-likeness (QED) is 0.671. The molecule has 3 heteroatoms. The van der Waals surface area contributed by atoms with Gasteiger partial charge in [-0.1, -0.05) is 0 Å². The average Bonchev–Trinajstić information content (AvgIpc) is 2.47. The maximum atomic E-state index is 5.51. The van der Waals surface area contributed by atoms with E-state index in [2.05, 4.69) is 31.5 Å². The van der Waals surface area contributed by atoms with Crippen LogP contribution in [-0.2, 0) is 4.74 Å². The van der Waals surface area contributed by atoms with Crippen LogP contribution in [-0.4, -0.2) is 43.0 Å². The van der Waals surface area contributed by atoms with Crippen molar-refractivity contribution in [3.8, 4) is 0 Å². The lowest BCUT2D eigenvalue weighted by Crippen LogP contribution is -2.37. The van der Waals surface area contributed by atoms with Crippen molar-refractivity contribution >= 4 is 12.6 Å². The number of likely N-dealkylation sites (N-methyl/N-ethyl adjacent to an activating group) is 1. The second-order valence-electron chi connectivity index (χ2n) is 3.49. The molecular weight excluding hydrogens is 170 g/mol. The highest BCUT2D eigenvalue weighted by atomic mass is 32.1. The fourth-order valence-corrected chi connectivity index (χ4v) is 1.93. The molecule has 72 valence electrons. The Balaban J connectivity index is 2.25. The van der Waals surface area contributed by atoms with Gasteiger partial charge in [-0.25, -0.2) is 0 Å². The molecule has 1 fully saturated rings. The highest BCUT2D eigenvalue weighted by Gasteiger charge is 2.26. The third-order valence-electron chi connectivity index (χ3n) is 2.57. The molecule has 0 amide bonds. The molecule has 2 unspecified atom stereocenters. The first kappa shape index (κ1) is 10.4. The second-order valence-corrected chi connectivity index (χ2v) is 3.94. The number of rotatable bonds is 4. The minimum atomic E-state index is 0.412. The molecule has 12 heavy (non-hydrogen) atoms. The van der Waals surface area contributed by atoms with E-state index < -0.39 is 0 Å². The van der Waals surface area contributed by atoms with Crippen LogP contribution in [0.25, 0.3) is 0 Å². The van der Waals surface area contributed by atoms with Crippen LogP contribution in [0.2, 0.25) is 0 Å². The van der Waals surface area contributed by atoms with E-state index in [0.717, 1.165) is 18.9 Å². The van der Waals surface area contributed by atoms with Gasteiger partial charge in [0, 0.05) is 12.6 Å². The Kier molecular flexibility index (Phi) is 4.40. The number of ether oxygens (including phenoxy) is 1. The zero-order valence-corrected chi connectivity index (χ0v) is 8.89. The van der Waals surface area contributed by atoms with Gasteiger partial charge in [0.1, 0.15) is 0 Å². The smallest absolute Gasteiger partial charge is 0.0702 e. The molecule has 2 nitrogen and oxygen atoms in total. The molecule has 0 N–H and O–H groups in total. The Bertz CT molecular complexity index is 132. The highest BCUT2D eigenvalue weighted by molar-refractivity contribution is 7.80. The zero-order chi connectivity index (χ0) is 8.97. The van der Waals surface area contributed by atoms with E-state index in [1.807, 2.05) is 0 Å². The Morgan fingerprint density at radius 2 is 2.33 bits per heavy atom. The summed E-state index contributed by atoms with van der Waals surface area (Å²) in [7, 11) is 2.18. The van der Waals surface area contributed by atoms with Crippen LogP contribution >= 0.6 is 12.6 Å². The molecule has 0 aliphatic carbocycles. The highest BCUT2D eigenvalue weighted by Crippen LogP contribution is 2.18. The number of nitrogens with zero attached hydrogens (tertiary/aromatic N) is 1. The summed E-state index contributed by atoms with van der Waals surface area (Å²) in [6.45, 7) is 4.23. The minimum Gasteiger partial charge on any atom is -0.377 e. The molecule has 1 saturated heterocycles. The van der Waals surface area contributed by atoms with Gasteiger partial charge < -0.3 is 9.64 Å². The number of hydrogen-bond donors (Lipinski definition) is 1. The first-order valence-electron chi connectivity index (χ1n) is 4.68. The molecule has 0 spiro atoms. The second kappa shape index (κ2) is 5.10. The summed E-state index contributed by atoms with van der Waals surface area (Å²) in [6, 6.07) is 0.630.